The van der Waals surface area contributed by atoms with E-state index >= 15 is 0 Å². The third-order valence-corrected chi connectivity index (χ3v) is 1.01. The molecule has 5 nitrogen and oxygen atoms in total. The smallest absolute Gasteiger partial charge is 0.334 e. The summed E-state index contributed by atoms with van der Waals surface area (Å²) in [6.45, 7) is 0. The Morgan fingerprint density at radius 1 is 1.56 bits per heavy atom. The van der Waals surface area contributed by atoms with E-state index in [1.54, 1.807) is 0 Å². The Morgan fingerprint density at radius 3 is 2.22 bits per heavy atom. The van der Waals surface area contributed by atoms with E-state index < -0.39 is 23.7 Å². The van der Waals surface area contributed by atoms with E-state index in [-0.39, 0.29) is 0 Å². The highest BCUT2D eigenvalue weighted by atomic mass is 16.4. The molecule has 5 heteroatoms. The lowest BCUT2D eigenvalue weighted by Crippen LogP contribution is -2.62. The van der Waals surface area contributed by atoms with Crippen molar-refractivity contribution in [3.63, 3.8) is 0 Å². The van der Waals surface area contributed by atoms with Crippen molar-refractivity contribution in [3.8, 4) is 0 Å². The zero-order chi connectivity index (χ0) is 7.02. The molecule has 0 bridgehead atoms. The summed E-state index contributed by atoms with van der Waals surface area (Å²) in [7, 11) is 0. The van der Waals surface area contributed by atoms with E-state index in [9.17, 15) is 14.4 Å². The van der Waals surface area contributed by atoms with Crippen LogP contribution in [0.25, 0.3) is 0 Å². The maximum Gasteiger partial charge on any atom is 0.334 e. The van der Waals surface area contributed by atoms with Gasteiger partial charge in [-0.1, -0.05) is 0 Å². The second-order valence-corrected chi connectivity index (χ2v) is 1.61. The molecule has 0 aliphatic carbocycles. The number of rotatable bonds is 1. The number of aliphatic carboxylic acids is 1. The van der Waals surface area contributed by atoms with E-state index in [4.69, 9.17) is 5.11 Å². The summed E-state index contributed by atoms with van der Waals surface area (Å²) < 4.78 is 0. The number of hydrogen-bond acceptors (Lipinski definition) is 3. The van der Waals surface area contributed by atoms with Crippen molar-refractivity contribution < 1.29 is 19.5 Å². The molecule has 0 unspecified atom stereocenters. The quantitative estimate of drug-likeness (QED) is 0.247. The first kappa shape index (κ1) is 5.74. The minimum Gasteiger partial charge on any atom is -0.479 e. The summed E-state index contributed by atoms with van der Waals surface area (Å²) in [5, 5.41) is 9.99. The molecule has 1 heterocycles. The number of nitrogens with one attached hydrogen (secondary N) is 1. The van der Waals surface area contributed by atoms with Gasteiger partial charge in [-0.25, -0.2) is 4.79 Å². The average Bonchev–Trinajstić information content (AvgIpc) is 1.81. The number of β-lactam (4-membered cyclic amide) rings is 1. The first-order valence-electron chi connectivity index (χ1n) is 2.20. The van der Waals surface area contributed by atoms with E-state index in [0.717, 1.165) is 0 Å². The summed E-state index contributed by atoms with van der Waals surface area (Å²) in [6.07, 6.45) is 0. The molecule has 1 fully saturated rings. The summed E-state index contributed by atoms with van der Waals surface area (Å²) in [6, 6.07) is -1.29. The number of amides is 1. The number of hydrogen-bond donors (Lipinski definition) is 2. The summed E-state index contributed by atoms with van der Waals surface area (Å²) in [5.74, 6) is -3.00. The Bertz CT molecular complexity index is 197. The summed E-state index contributed by atoms with van der Waals surface area (Å²) in [5.41, 5.74) is 0. The number of carboxylic acid groups (broad SMARTS) is 1. The highest BCUT2D eigenvalue weighted by molar-refractivity contribution is 6.48. The van der Waals surface area contributed by atoms with Gasteiger partial charge in [-0.3, -0.25) is 9.59 Å². The van der Waals surface area contributed by atoms with Gasteiger partial charge >= 0.3 is 5.97 Å². The molecule has 0 saturated carbocycles. The van der Waals surface area contributed by atoms with E-state index in [0.29, 0.717) is 0 Å². The van der Waals surface area contributed by atoms with Crippen LogP contribution in [0.2, 0.25) is 0 Å². The molecule has 0 aromatic rings. The van der Waals surface area contributed by atoms with Crippen molar-refractivity contribution in [1.82, 2.24) is 5.32 Å². The van der Waals surface area contributed by atoms with E-state index in [2.05, 4.69) is 0 Å². The van der Waals surface area contributed by atoms with Gasteiger partial charge in [0.05, 0.1) is 0 Å². The van der Waals surface area contributed by atoms with Gasteiger partial charge in [-0.2, -0.15) is 0 Å². The molecule has 48 valence electrons. The van der Waals surface area contributed by atoms with Crippen molar-refractivity contribution in [2.24, 2.45) is 0 Å². The number of ketones is 1. The van der Waals surface area contributed by atoms with Crippen molar-refractivity contribution in [3.05, 3.63) is 0 Å². The van der Waals surface area contributed by atoms with Gasteiger partial charge in [0.2, 0.25) is 0 Å². The lowest BCUT2D eigenvalue weighted by molar-refractivity contribution is -0.156. The predicted molar refractivity (Wildman–Crippen MR) is 24.6 cm³/mol. The van der Waals surface area contributed by atoms with Gasteiger partial charge in [-0.15, -0.1) is 0 Å². The predicted octanol–water partition coefficient (Wildman–Crippen LogP) is -1.86. The molecule has 1 aliphatic rings. The molecule has 0 aromatic heterocycles. The van der Waals surface area contributed by atoms with Crippen LogP contribution in [-0.2, 0) is 14.4 Å². The molecule has 1 rings (SSSR count). The SMILES string of the molecule is O=C1N[C@H](C(=O)O)C1=O. The Kier molecular flexibility index (Phi) is 0.985. The lowest BCUT2D eigenvalue weighted by Gasteiger charge is -2.19. The van der Waals surface area contributed by atoms with Gasteiger partial charge in [0, 0.05) is 0 Å². The summed E-state index contributed by atoms with van der Waals surface area (Å²) in [4.78, 5) is 30.1. The molecule has 9 heavy (non-hydrogen) atoms. The van der Waals surface area contributed by atoms with Crippen LogP contribution in [0.5, 0.6) is 0 Å². The molecule has 0 spiro atoms. The number of carbonyl (C=O) groups is 3. The fourth-order valence-electron chi connectivity index (χ4n) is 0.495. The van der Waals surface area contributed by atoms with Gasteiger partial charge in [0.25, 0.3) is 11.7 Å². The number of carbonyl (C=O) groups excluding carboxylic acids is 2. The number of carboxylic acids is 1. The van der Waals surface area contributed by atoms with Gasteiger partial charge in [0.1, 0.15) is 0 Å². The minimum absolute atomic E-state index is 0.817. The lowest BCUT2D eigenvalue weighted by atomic mass is 10.1. The van der Waals surface area contributed by atoms with Gasteiger partial charge in [-0.05, 0) is 0 Å². The van der Waals surface area contributed by atoms with Crippen LogP contribution < -0.4 is 5.32 Å². The maximum absolute atomic E-state index is 10.2. The van der Waals surface area contributed by atoms with Crippen LogP contribution in [-0.4, -0.2) is 28.8 Å². The highest BCUT2D eigenvalue weighted by Gasteiger charge is 2.42. The monoisotopic (exact) mass is 129 g/mol. The van der Waals surface area contributed by atoms with E-state index in [1.165, 1.54) is 0 Å². The van der Waals surface area contributed by atoms with Crippen molar-refractivity contribution in [2.45, 2.75) is 6.04 Å². The Labute approximate surface area is 49.7 Å². The first-order chi connectivity index (χ1) is 4.13. The zero-order valence-electron chi connectivity index (χ0n) is 4.25. The molecule has 0 radical (unpaired) electrons. The van der Waals surface area contributed by atoms with E-state index in [1.807, 2.05) is 5.32 Å². The van der Waals surface area contributed by atoms with Crippen LogP contribution in [0.15, 0.2) is 0 Å². The fourth-order valence-corrected chi connectivity index (χ4v) is 0.495. The molecule has 1 amide bonds. The average molecular weight is 129 g/mol. The zero-order valence-corrected chi connectivity index (χ0v) is 4.25. The van der Waals surface area contributed by atoms with Gasteiger partial charge < -0.3 is 10.4 Å². The Balaban J connectivity index is 2.62. The molecule has 1 aliphatic heterocycles. The highest BCUT2D eigenvalue weighted by Crippen LogP contribution is 1.97. The molecule has 2 N–H and O–H groups in total. The third-order valence-electron chi connectivity index (χ3n) is 1.01. The molecular weight excluding hydrogens is 126 g/mol. The van der Waals surface area contributed by atoms with Crippen LogP contribution in [0.1, 0.15) is 0 Å². The Hall–Kier alpha value is -1.39. The standard InChI is InChI=1S/C4H3NO4/c6-2-1(4(8)9)5-3(2)7/h1H,(H,5,7)(H,8,9)/t1-/m0/s1. The number of Topliss-reactive ketones (excluding diaryl/α,β-unsaturated/α-hetero) is 1. The largest absolute Gasteiger partial charge is 0.479 e. The van der Waals surface area contributed by atoms with Crippen LogP contribution in [0, 0.1) is 0 Å². The topological polar surface area (TPSA) is 83.5 Å². The van der Waals surface area contributed by atoms with Crippen molar-refractivity contribution in [2.75, 3.05) is 0 Å². The summed E-state index contributed by atoms with van der Waals surface area (Å²) >= 11 is 0. The minimum atomic E-state index is -1.31. The maximum atomic E-state index is 10.2. The van der Waals surface area contributed by atoms with Crippen LogP contribution in [0.4, 0.5) is 0 Å². The second kappa shape index (κ2) is 1.54. The van der Waals surface area contributed by atoms with Crippen molar-refractivity contribution in [1.29, 1.82) is 0 Å². The third kappa shape index (κ3) is 0.658. The first-order valence-corrected chi connectivity index (χ1v) is 2.20. The molecule has 1 saturated heterocycles. The molecular formula is C4H3NO4. The van der Waals surface area contributed by atoms with Crippen molar-refractivity contribution >= 4 is 17.7 Å². The van der Waals surface area contributed by atoms with Gasteiger partial charge in [0.15, 0.2) is 6.04 Å². The molecule has 1 atom stereocenters. The van der Waals surface area contributed by atoms with Crippen LogP contribution >= 0.6 is 0 Å². The second-order valence-electron chi connectivity index (χ2n) is 1.61. The molecule has 0 aromatic carbocycles. The Morgan fingerprint density at radius 2 is 2.11 bits per heavy atom. The fraction of sp³-hybridized carbons (Fsp3) is 0.250. The van der Waals surface area contributed by atoms with Crippen LogP contribution in [0.3, 0.4) is 0 Å². The normalized spacial score (nSPS) is 24.7.